The van der Waals surface area contributed by atoms with Gasteiger partial charge in [0.1, 0.15) is 0 Å². The summed E-state index contributed by atoms with van der Waals surface area (Å²) in [4.78, 5) is 0. The summed E-state index contributed by atoms with van der Waals surface area (Å²) in [6.07, 6.45) is 0. The van der Waals surface area contributed by atoms with Crippen molar-refractivity contribution < 1.29 is 41.2 Å². The smallest absolute Gasteiger partial charge is 0.416 e. The molecule has 176 valence electrons. The lowest BCUT2D eigenvalue weighted by Crippen LogP contribution is -2.79. The molecule has 2 atom stereocenters. The molecule has 3 rings (SSSR count). The highest BCUT2D eigenvalue weighted by atomic mass is 28.6. The van der Waals surface area contributed by atoms with Crippen LogP contribution in [0.15, 0.2) is 0 Å². The third-order valence-corrected chi connectivity index (χ3v) is 36.6. The highest BCUT2D eigenvalue weighted by Crippen LogP contribution is 2.42. The lowest BCUT2D eigenvalue weighted by molar-refractivity contribution is 0.0302. The Morgan fingerprint density at radius 1 is 0.267 bits per heavy atom. The van der Waals surface area contributed by atoms with Crippen molar-refractivity contribution in [3.63, 3.8) is 0 Å². The van der Waals surface area contributed by atoms with Gasteiger partial charge in [0.25, 0.3) is 0 Å². The molecule has 3 fully saturated rings. The highest BCUT2D eigenvalue weighted by molar-refractivity contribution is 6.98. The van der Waals surface area contributed by atoms with E-state index in [1.54, 1.807) is 0 Å². The molecule has 0 aliphatic carbocycles. The van der Waals surface area contributed by atoms with Crippen molar-refractivity contribution in [3.05, 3.63) is 0 Å². The summed E-state index contributed by atoms with van der Waals surface area (Å²) in [6.45, 7) is 23.2. The molecule has 0 aromatic heterocycles. The van der Waals surface area contributed by atoms with E-state index in [1.807, 2.05) is 78.6 Å². The summed E-state index contributed by atoms with van der Waals surface area (Å²) in [6, 6.07) is 0. The van der Waals surface area contributed by atoms with Crippen LogP contribution in [0, 0.1) is 0 Å². The van der Waals surface area contributed by atoms with Crippen molar-refractivity contribution >= 4 is 69.5 Å². The van der Waals surface area contributed by atoms with Crippen LogP contribution in [-0.4, -0.2) is 69.5 Å². The molecule has 3 bridgehead atoms. The van der Waals surface area contributed by atoms with Crippen LogP contribution < -0.4 is 0 Å². The van der Waals surface area contributed by atoms with Gasteiger partial charge in [-0.05, 0) is 65.5 Å². The van der Waals surface area contributed by atoms with Gasteiger partial charge in [0.2, 0.25) is 0 Å². The van der Waals surface area contributed by atoms with Crippen molar-refractivity contribution in [1.29, 1.82) is 0 Å². The van der Waals surface area contributed by atoms with Crippen LogP contribution in [0.5, 0.6) is 0 Å². The predicted molar refractivity (Wildman–Crippen MR) is 127 cm³/mol. The van der Waals surface area contributed by atoms with Crippen molar-refractivity contribution in [2.24, 2.45) is 0 Å². The minimum atomic E-state index is -3.87. The lowest BCUT2D eigenvalue weighted by atomic mass is 11.9. The molecule has 3 saturated heterocycles. The Morgan fingerprint density at radius 2 is 0.500 bits per heavy atom. The van der Waals surface area contributed by atoms with Crippen LogP contribution in [-0.2, 0) is 41.2 Å². The van der Waals surface area contributed by atoms with Crippen LogP contribution in [0.3, 0.4) is 0 Å². The maximum absolute atomic E-state index is 6.63. The van der Waals surface area contributed by atoms with Gasteiger partial charge in [0.05, 0.1) is 0 Å². The molecule has 10 nitrogen and oxygen atoms in total. The molecule has 2 unspecified atom stereocenters. The van der Waals surface area contributed by atoms with Gasteiger partial charge in [-0.1, -0.05) is 0 Å². The average molecular weight is 565 g/mol. The first-order valence-corrected chi connectivity index (χ1v) is 30.2. The molecule has 0 radical (unpaired) electrons. The summed E-state index contributed by atoms with van der Waals surface area (Å²) >= 11 is 0. The predicted octanol–water partition coefficient (Wildman–Crippen LogP) is 3.28. The molecule has 30 heavy (non-hydrogen) atoms. The molecule has 0 N–H and O–H groups in total. The molecular weight excluding hydrogens is 529 g/mol. The molecule has 0 aromatic carbocycles. The van der Waals surface area contributed by atoms with E-state index in [9.17, 15) is 0 Å². The fourth-order valence-electron chi connectivity index (χ4n) is 4.38. The summed E-state index contributed by atoms with van der Waals surface area (Å²) < 4.78 is 65.3. The number of rotatable bonds is 0. The Morgan fingerprint density at radius 3 is 0.800 bits per heavy atom. The zero-order valence-corrected chi connectivity index (χ0v) is 28.1. The SMILES string of the molecule is C[Si]1(C)O[Si](C)(C)O[Si]23O[Si](C)(C)O[Si](C)(C)O[Si](C)(O[Si](C)(C)O[Si](C)(O1)O2)O3. The maximum Gasteiger partial charge on any atom is 0.646 e. The number of fused-ring (bicyclic) bond motifs is 2. The first kappa shape index (κ1) is 25.9. The van der Waals surface area contributed by atoms with Gasteiger partial charge in [-0.25, -0.2) is 0 Å². The van der Waals surface area contributed by atoms with Gasteiger partial charge in [-0.15, -0.1) is 0 Å². The molecule has 1 spiro atoms. The fraction of sp³-hybridized carbons (Fsp3) is 1.00. The van der Waals surface area contributed by atoms with Crippen LogP contribution in [0.1, 0.15) is 0 Å². The summed E-state index contributed by atoms with van der Waals surface area (Å²) in [7, 11) is -24.0. The average Bonchev–Trinajstić information content (AvgIpc) is 2.21. The van der Waals surface area contributed by atoms with E-state index < -0.39 is 69.5 Å². The van der Waals surface area contributed by atoms with E-state index >= 15 is 0 Å². The second-order valence-electron chi connectivity index (χ2n) is 10.2. The van der Waals surface area contributed by atoms with Crippen LogP contribution in [0.25, 0.3) is 0 Å². The normalized spacial score (nSPS) is 44.4. The van der Waals surface area contributed by atoms with E-state index in [4.69, 9.17) is 41.2 Å². The zero-order valence-electron chi connectivity index (χ0n) is 20.1. The van der Waals surface area contributed by atoms with Crippen molar-refractivity contribution in [3.8, 4) is 0 Å². The van der Waals surface area contributed by atoms with E-state index in [2.05, 4.69) is 0 Å². The molecule has 3 aliphatic heterocycles. The lowest BCUT2D eigenvalue weighted by Gasteiger charge is -2.55. The van der Waals surface area contributed by atoms with E-state index in [1.165, 1.54) is 0 Å². The Kier molecular flexibility index (Phi) is 6.41. The van der Waals surface area contributed by atoms with Crippen LogP contribution >= 0.6 is 0 Å². The standard InChI is InChI=1S/C12H36O10Si8/c1-23(2)13-25(5,6)19-30-20-26(7,8)14-24(3,4)16-29(12,22-30)18-27(9,10)17-28(11,15-23)21-30/h1-12H3. The van der Waals surface area contributed by atoms with E-state index in [0.29, 0.717) is 0 Å². The van der Waals surface area contributed by atoms with Crippen molar-refractivity contribution in [2.45, 2.75) is 78.6 Å². The fourth-order valence-corrected chi connectivity index (χ4v) is 45.8. The van der Waals surface area contributed by atoms with Gasteiger partial charge < -0.3 is 41.2 Å². The minimum Gasteiger partial charge on any atom is -0.416 e. The second kappa shape index (κ2) is 7.41. The maximum atomic E-state index is 6.63. The quantitative estimate of drug-likeness (QED) is 0.408. The third kappa shape index (κ3) is 6.26. The molecule has 3 aliphatic rings. The monoisotopic (exact) mass is 564 g/mol. The van der Waals surface area contributed by atoms with Gasteiger partial charge in [0, 0.05) is 13.1 Å². The highest BCUT2D eigenvalue weighted by Gasteiger charge is 2.71. The largest absolute Gasteiger partial charge is 0.646 e. The van der Waals surface area contributed by atoms with Crippen LogP contribution in [0.2, 0.25) is 78.6 Å². The van der Waals surface area contributed by atoms with Crippen molar-refractivity contribution in [1.82, 2.24) is 0 Å². The first-order chi connectivity index (χ1) is 13.1. The molecule has 0 saturated carbocycles. The Hall–Kier alpha value is 1.34. The van der Waals surface area contributed by atoms with Gasteiger partial charge in [0.15, 0.2) is 0 Å². The molecular formula is C12H36O10Si8. The molecule has 0 amide bonds. The second-order valence-corrected chi connectivity index (χ2v) is 36.9. The molecule has 0 aromatic rings. The number of hydrogen-bond acceptors (Lipinski definition) is 10. The third-order valence-electron chi connectivity index (χ3n) is 4.07. The van der Waals surface area contributed by atoms with E-state index in [-0.39, 0.29) is 0 Å². The van der Waals surface area contributed by atoms with Gasteiger partial charge in [-0.2, -0.15) is 0 Å². The number of hydrogen-bond donors (Lipinski definition) is 0. The summed E-state index contributed by atoms with van der Waals surface area (Å²) in [5.74, 6) is 0. The molecule has 3 heterocycles. The first-order valence-electron chi connectivity index (χ1n) is 10.1. The molecule has 18 heteroatoms. The van der Waals surface area contributed by atoms with Crippen LogP contribution in [0.4, 0.5) is 0 Å². The Bertz CT molecular complexity index is 646. The zero-order chi connectivity index (χ0) is 23.1. The Balaban J connectivity index is 2.18. The van der Waals surface area contributed by atoms with Gasteiger partial charge >= 0.3 is 69.5 Å². The topological polar surface area (TPSA) is 92.3 Å². The summed E-state index contributed by atoms with van der Waals surface area (Å²) in [5, 5.41) is 0. The van der Waals surface area contributed by atoms with Gasteiger partial charge in [-0.3, -0.25) is 0 Å². The Labute approximate surface area is 188 Å². The summed E-state index contributed by atoms with van der Waals surface area (Å²) in [5.41, 5.74) is 0. The van der Waals surface area contributed by atoms with Crippen molar-refractivity contribution in [2.75, 3.05) is 0 Å². The minimum absolute atomic E-state index is 1.84. The van der Waals surface area contributed by atoms with E-state index in [0.717, 1.165) is 0 Å².